The van der Waals surface area contributed by atoms with Gasteiger partial charge in [0.25, 0.3) is 0 Å². The Labute approximate surface area is 95.0 Å². The Kier molecular flexibility index (Phi) is 2.96. The summed E-state index contributed by atoms with van der Waals surface area (Å²) >= 11 is 0. The Morgan fingerprint density at radius 2 is 2.44 bits per heavy atom. The van der Waals surface area contributed by atoms with Crippen molar-refractivity contribution < 1.29 is 4.79 Å². The number of nitrogens with two attached hydrogens (primary N) is 1. The summed E-state index contributed by atoms with van der Waals surface area (Å²) in [6.45, 7) is 0.471. The van der Waals surface area contributed by atoms with Gasteiger partial charge in [0.15, 0.2) is 0 Å². The molecule has 0 spiro atoms. The standard InChI is InChI=1S/C11H18N4O/c1-15-6-5-13-9(15)8-14-10(16)7-11(12)3-2-4-11/h5-6H,2-4,7-8,12H2,1H3,(H,14,16). The third-order valence-electron chi connectivity index (χ3n) is 3.23. The van der Waals surface area contributed by atoms with Crippen LogP contribution in [0.2, 0.25) is 0 Å². The van der Waals surface area contributed by atoms with E-state index >= 15 is 0 Å². The SMILES string of the molecule is Cn1ccnc1CNC(=O)CC1(N)CCC1. The Hall–Kier alpha value is -1.36. The highest BCUT2D eigenvalue weighted by atomic mass is 16.1. The second-order valence-electron chi connectivity index (χ2n) is 4.62. The van der Waals surface area contributed by atoms with Gasteiger partial charge in [-0.25, -0.2) is 4.98 Å². The molecule has 3 N–H and O–H groups in total. The Morgan fingerprint density at radius 1 is 1.69 bits per heavy atom. The molecule has 0 unspecified atom stereocenters. The normalized spacial score (nSPS) is 17.9. The third-order valence-corrected chi connectivity index (χ3v) is 3.23. The van der Waals surface area contributed by atoms with Crippen LogP contribution in [-0.4, -0.2) is 21.0 Å². The maximum Gasteiger partial charge on any atom is 0.222 e. The van der Waals surface area contributed by atoms with Crippen LogP contribution in [0.5, 0.6) is 0 Å². The number of rotatable bonds is 4. The van der Waals surface area contributed by atoms with Gasteiger partial charge in [-0.3, -0.25) is 4.79 Å². The van der Waals surface area contributed by atoms with Gasteiger partial charge in [-0.05, 0) is 19.3 Å². The zero-order valence-electron chi connectivity index (χ0n) is 9.57. The van der Waals surface area contributed by atoms with Gasteiger partial charge in [0.1, 0.15) is 5.82 Å². The predicted octanol–water partition coefficient (Wildman–Crippen LogP) is 0.308. The number of carbonyl (C=O) groups is 1. The molecule has 5 heteroatoms. The van der Waals surface area contributed by atoms with Crippen molar-refractivity contribution in [3.05, 3.63) is 18.2 Å². The Balaban J connectivity index is 1.78. The lowest BCUT2D eigenvalue weighted by atomic mass is 9.75. The lowest BCUT2D eigenvalue weighted by Crippen LogP contribution is -2.49. The summed E-state index contributed by atoms with van der Waals surface area (Å²) in [5, 5.41) is 2.85. The number of hydrogen-bond donors (Lipinski definition) is 2. The van der Waals surface area contributed by atoms with E-state index in [1.165, 1.54) is 0 Å². The largest absolute Gasteiger partial charge is 0.349 e. The van der Waals surface area contributed by atoms with Gasteiger partial charge in [0.05, 0.1) is 6.54 Å². The molecule has 1 heterocycles. The molecule has 0 saturated heterocycles. The van der Waals surface area contributed by atoms with Crippen LogP contribution in [0, 0.1) is 0 Å². The van der Waals surface area contributed by atoms with Crippen molar-refractivity contribution in [2.45, 2.75) is 37.8 Å². The molecule has 1 saturated carbocycles. The minimum absolute atomic E-state index is 0.0187. The summed E-state index contributed by atoms with van der Waals surface area (Å²) in [5.41, 5.74) is 5.76. The van der Waals surface area contributed by atoms with Crippen LogP contribution in [-0.2, 0) is 18.4 Å². The zero-order valence-corrected chi connectivity index (χ0v) is 9.57. The summed E-state index contributed by atoms with van der Waals surface area (Å²) in [4.78, 5) is 15.8. The van der Waals surface area contributed by atoms with Crippen molar-refractivity contribution >= 4 is 5.91 Å². The van der Waals surface area contributed by atoms with Crippen molar-refractivity contribution in [2.75, 3.05) is 0 Å². The molecule has 0 aliphatic heterocycles. The van der Waals surface area contributed by atoms with Crippen LogP contribution >= 0.6 is 0 Å². The first-order chi connectivity index (χ1) is 7.59. The topological polar surface area (TPSA) is 72.9 Å². The van der Waals surface area contributed by atoms with Crippen molar-refractivity contribution in [1.82, 2.24) is 14.9 Å². The van der Waals surface area contributed by atoms with E-state index < -0.39 is 0 Å². The van der Waals surface area contributed by atoms with Crippen molar-refractivity contribution in [2.24, 2.45) is 12.8 Å². The first kappa shape index (κ1) is 11.1. The van der Waals surface area contributed by atoms with Crippen LogP contribution in [0.4, 0.5) is 0 Å². The zero-order chi connectivity index (χ0) is 11.6. The summed E-state index contributed by atoms with van der Waals surface area (Å²) < 4.78 is 1.89. The molecule has 0 radical (unpaired) electrons. The van der Waals surface area contributed by atoms with E-state index in [4.69, 9.17) is 5.73 Å². The van der Waals surface area contributed by atoms with E-state index in [1.54, 1.807) is 6.20 Å². The average molecular weight is 222 g/mol. The minimum Gasteiger partial charge on any atom is -0.349 e. The molecule has 1 aromatic rings. The number of amides is 1. The fourth-order valence-electron chi connectivity index (χ4n) is 1.93. The molecule has 1 aromatic heterocycles. The van der Waals surface area contributed by atoms with E-state index in [2.05, 4.69) is 10.3 Å². The molecule has 0 aromatic carbocycles. The first-order valence-electron chi connectivity index (χ1n) is 5.61. The molecule has 88 valence electrons. The minimum atomic E-state index is -0.244. The van der Waals surface area contributed by atoms with Crippen molar-refractivity contribution in [3.8, 4) is 0 Å². The second-order valence-corrected chi connectivity index (χ2v) is 4.62. The van der Waals surface area contributed by atoms with Crippen molar-refractivity contribution in [1.29, 1.82) is 0 Å². The molecule has 1 aliphatic carbocycles. The number of aryl methyl sites for hydroxylation is 1. The van der Waals surface area contributed by atoms with Crippen LogP contribution in [0.15, 0.2) is 12.4 Å². The predicted molar refractivity (Wildman–Crippen MR) is 60.4 cm³/mol. The fraction of sp³-hybridized carbons (Fsp3) is 0.636. The third kappa shape index (κ3) is 2.41. The number of nitrogens with one attached hydrogen (secondary N) is 1. The van der Waals surface area contributed by atoms with Gasteiger partial charge >= 0.3 is 0 Å². The number of nitrogens with zero attached hydrogens (tertiary/aromatic N) is 2. The molecule has 2 rings (SSSR count). The summed E-state index contributed by atoms with van der Waals surface area (Å²) in [7, 11) is 1.91. The van der Waals surface area contributed by atoms with E-state index in [-0.39, 0.29) is 11.4 Å². The molecular formula is C11H18N4O. The number of hydrogen-bond acceptors (Lipinski definition) is 3. The summed E-state index contributed by atoms with van der Waals surface area (Å²) in [6.07, 6.45) is 7.07. The highest BCUT2D eigenvalue weighted by molar-refractivity contribution is 5.77. The maximum absolute atomic E-state index is 11.6. The number of imidazole rings is 1. The summed E-state index contributed by atoms with van der Waals surface area (Å²) in [5.74, 6) is 0.873. The number of aromatic nitrogens is 2. The first-order valence-corrected chi connectivity index (χ1v) is 5.61. The van der Waals surface area contributed by atoms with Gasteiger partial charge in [-0.2, -0.15) is 0 Å². The van der Waals surface area contributed by atoms with Gasteiger partial charge in [-0.1, -0.05) is 0 Å². The smallest absolute Gasteiger partial charge is 0.222 e. The highest BCUT2D eigenvalue weighted by Crippen LogP contribution is 2.31. The van der Waals surface area contributed by atoms with Gasteiger partial charge in [0, 0.05) is 31.4 Å². The van der Waals surface area contributed by atoms with Gasteiger partial charge in [-0.15, -0.1) is 0 Å². The van der Waals surface area contributed by atoms with Crippen molar-refractivity contribution in [3.63, 3.8) is 0 Å². The fourth-order valence-corrected chi connectivity index (χ4v) is 1.93. The van der Waals surface area contributed by atoms with E-state index in [1.807, 2.05) is 17.8 Å². The molecule has 0 atom stereocenters. The van der Waals surface area contributed by atoms with Gasteiger partial charge in [0.2, 0.25) is 5.91 Å². The second kappa shape index (κ2) is 4.25. The van der Waals surface area contributed by atoms with E-state index in [0.717, 1.165) is 25.1 Å². The number of carbonyl (C=O) groups excluding carboxylic acids is 1. The molecular weight excluding hydrogens is 204 g/mol. The highest BCUT2D eigenvalue weighted by Gasteiger charge is 2.34. The average Bonchev–Trinajstić information content (AvgIpc) is 2.59. The Bertz CT molecular complexity index is 381. The van der Waals surface area contributed by atoms with E-state index in [9.17, 15) is 4.79 Å². The maximum atomic E-state index is 11.6. The lowest BCUT2D eigenvalue weighted by Gasteiger charge is -2.37. The molecule has 1 amide bonds. The molecule has 5 nitrogen and oxygen atoms in total. The monoisotopic (exact) mass is 222 g/mol. The van der Waals surface area contributed by atoms with Crippen LogP contribution in [0.25, 0.3) is 0 Å². The van der Waals surface area contributed by atoms with Crippen LogP contribution in [0.1, 0.15) is 31.5 Å². The Morgan fingerprint density at radius 3 is 2.94 bits per heavy atom. The summed E-state index contributed by atoms with van der Waals surface area (Å²) in [6, 6.07) is 0. The molecule has 16 heavy (non-hydrogen) atoms. The molecule has 1 aliphatic rings. The quantitative estimate of drug-likeness (QED) is 0.770. The van der Waals surface area contributed by atoms with Crippen LogP contribution < -0.4 is 11.1 Å². The van der Waals surface area contributed by atoms with Crippen LogP contribution in [0.3, 0.4) is 0 Å². The molecule has 0 bridgehead atoms. The lowest BCUT2D eigenvalue weighted by molar-refractivity contribution is -0.123. The van der Waals surface area contributed by atoms with E-state index in [0.29, 0.717) is 13.0 Å². The molecule has 1 fully saturated rings. The van der Waals surface area contributed by atoms with Gasteiger partial charge < -0.3 is 15.6 Å².